The molecule has 7 heteroatoms. The Labute approximate surface area is 171 Å². The van der Waals surface area contributed by atoms with Crippen molar-refractivity contribution in [3.05, 3.63) is 64.2 Å². The molecule has 1 fully saturated rings. The molecule has 0 unspecified atom stereocenters. The van der Waals surface area contributed by atoms with E-state index in [1.165, 1.54) is 6.20 Å². The number of hydrogen-bond donors (Lipinski definition) is 1. The molecule has 0 spiro atoms. The van der Waals surface area contributed by atoms with Crippen molar-refractivity contribution in [3.63, 3.8) is 0 Å². The first-order chi connectivity index (χ1) is 15.1. The molecule has 1 aromatic carbocycles. The minimum atomic E-state index is -3.67. The number of likely N-dealkylation sites (tertiary alicyclic amines) is 1. The topological polar surface area (TPSA) is 45.2 Å². The number of piperidine rings is 1. The van der Waals surface area contributed by atoms with Crippen LogP contribution in [0, 0.1) is 12.7 Å². The van der Waals surface area contributed by atoms with E-state index in [4.69, 9.17) is 19.8 Å². The van der Waals surface area contributed by atoms with Gasteiger partial charge in [0.2, 0.25) is 0 Å². The van der Waals surface area contributed by atoms with Crippen LogP contribution in [0.1, 0.15) is 42.6 Å². The Morgan fingerprint density at radius 3 is 2.78 bits per heavy atom. The number of aryl methyl sites for hydroxylation is 1. The van der Waals surface area contributed by atoms with Gasteiger partial charge in [-0.25, -0.2) is 8.78 Å². The molecule has 0 saturated carbocycles. The van der Waals surface area contributed by atoms with Gasteiger partial charge < -0.3 is 10.2 Å². The van der Waals surface area contributed by atoms with Gasteiger partial charge in [-0.1, -0.05) is 17.7 Å². The van der Waals surface area contributed by atoms with E-state index in [-0.39, 0.29) is 17.1 Å². The zero-order valence-corrected chi connectivity index (χ0v) is 15.3. The highest BCUT2D eigenvalue weighted by molar-refractivity contribution is 6.31. The van der Waals surface area contributed by atoms with Crippen molar-refractivity contribution in [3.8, 4) is 0 Å². The lowest BCUT2D eigenvalue weighted by Gasteiger charge is -2.36. The van der Waals surface area contributed by atoms with Crippen LogP contribution in [0.2, 0.25) is 5.02 Å². The average molecular weight is 400 g/mol. The third-order valence-electron chi connectivity index (χ3n) is 3.98. The molecule has 1 aliphatic rings. The molecule has 0 bridgehead atoms. The molecular weight excluding hydrogens is 372 g/mol. The van der Waals surface area contributed by atoms with Crippen LogP contribution in [0.4, 0.5) is 8.78 Å². The summed E-state index contributed by atoms with van der Waals surface area (Å²) in [6.45, 7) is -3.50. The quantitative estimate of drug-likeness (QED) is 0.828. The molecule has 0 aliphatic carbocycles. The van der Waals surface area contributed by atoms with E-state index in [9.17, 15) is 9.18 Å². The van der Waals surface area contributed by atoms with Gasteiger partial charge in [-0.15, -0.1) is 0 Å². The van der Waals surface area contributed by atoms with E-state index >= 15 is 4.39 Å². The number of alkyl halides is 1. The van der Waals surface area contributed by atoms with Crippen LogP contribution in [0.25, 0.3) is 0 Å². The third-order valence-corrected chi connectivity index (χ3v) is 4.27. The first-order valence-corrected chi connectivity index (χ1v) is 8.59. The average Bonchev–Trinajstić information content (AvgIpc) is 2.72. The molecule has 1 N–H and O–H groups in total. The van der Waals surface area contributed by atoms with Gasteiger partial charge in [0.25, 0.3) is 5.91 Å². The van der Waals surface area contributed by atoms with Crippen LogP contribution in [0.5, 0.6) is 0 Å². The Bertz CT molecular complexity index is 1040. The van der Waals surface area contributed by atoms with Crippen molar-refractivity contribution < 1.29 is 21.8 Å². The van der Waals surface area contributed by atoms with Crippen LogP contribution < -0.4 is 5.32 Å². The van der Waals surface area contributed by atoms with Crippen molar-refractivity contribution in [1.29, 1.82) is 0 Å². The van der Waals surface area contributed by atoms with Crippen molar-refractivity contribution >= 4 is 17.5 Å². The molecule has 144 valence electrons. The second-order valence-corrected chi connectivity index (χ2v) is 6.51. The van der Waals surface area contributed by atoms with Crippen LogP contribution in [-0.2, 0) is 6.54 Å². The molecule has 3 rings (SSSR count). The maximum atomic E-state index is 16.2. The van der Waals surface area contributed by atoms with Crippen LogP contribution >= 0.6 is 11.6 Å². The van der Waals surface area contributed by atoms with Gasteiger partial charge in [-0.2, -0.15) is 0 Å². The number of carbonyl (C=O) groups excluding carboxylic acids is 1. The molecular formula is C20H22ClF2N3O. The lowest BCUT2D eigenvalue weighted by atomic mass is 9.92. The van der Waals surface area contributed by atoms with Gasteiger partial charge in [0.1, 0.15) is 11.5 Å². The smallest absolute Gasteiger partial charge is 0.253 e. The predicted molar refractivity (Wildman–Crippen MR) is 101 cm³/mol. The van der Waals surface area contributed by atoms with Crippen LogP contribution in [-0.4, -0.2) is 41.0 Å². The Morgan fingerprint density at radius 2 is 2.15 bits per heavy atom. The fourth-order valence-corrected chi connectivity index (χ4v) is 2.61. The Morgan fingerprint density at radius 1 is 1.41 bits per heavy atom. The summed E-state index contributed by atoms with van der Waals surface area (Å²) in [6, 6.07) is 6.35. The van der Waals surface area contributed by atoms with Gasteiger partial charge in [0.05, 0.1) is 10.7 Å². The number of hydrogen-bond acceptors (Lipinski definition) is 3. The largest absolute Gasteiger partial charge is 0.338 e. The lowest BCUT2D eigenvalue weighted by Crippen LogP contribution is -2.48. The van der Waals surface area contributed by atoms with Gasteiger partial charge in [0.15, 0.2) is 0 Å². The fourth-order valence-electron chi connectivity index (χ4n) is 2.43. The minimum Gasteiger partial charge on any atom is -0.338 e. The minimum absolute atomic E-state index is 0.133. The number of nitrogens with zero attached hydrogens (tertiary/aromatic N) is 2. The molecule has 1 aromatic heterocycles. The van der Waals surface area contributed by atoms with E-state index in [2.05, 4.69) is 10.3 Å². The number of nitrogens with one attached hydrogen (secondary N) is 1. The Kier molecular flexibility index (Phi) is 4.06. The van der Waals surface area contributed by atoms with E-state index < -0.39 is 49.7 Å². The molecule has 4 nitrogen and oxygen atoms in total. The summed E-state index contributed by atoms with van der Waals surface area (Å²) in [5.74, 6) is -1.66. The molecule has 2 heterocycles. The fraction of sp³-hybridized carbons (Fsp3) is 0.400. The summed E-state index contributed by atoms with van der Waals surface area (Å²) in [4.78, 5) is 17.6. The highest BCUT2D eigenvalue weighted by atomic mass is 35.5. The summed E-state index contributed by atoms with van der Waals surface area (Å²) in [5, 5.41) is 1.91. The highest BCUT2D eigenvalue weighted by Crippen LogP contribution is 2.27. The van der Waals surface area contributed by atoms with Gasteiger partial charge in [-0.3, -0.25) is 9.78 Å². The van der Waals surface area contributed by atoms with Gasteiger partial charge in [-0.05, 0) is 36.8 Å². The Balaban J connectivity index is 1.87. The number of pyridine rings is 1. The maximum absolute atomic E-state index is 16.2. The number of aromatic nitrogens is 1. The first-order valence-electron chi connectivity index (χ1n) is 11.2. The normalized spacial score (nSPS) is 23.9. The zero-order chi connectivity index (χ0) is 24.8. The maximum Gasteiger partial charge on any atom is 0.253 e. The number of rotatable bonds is 5. The molecule has 1 saturated heterocycles. The number of benzene rings is 1. The van der Waals surface area contributed by atoms with Gasteiger partial charge >= 0.3 is 0 Å². The summed E-state index contributed by atoms with van der Waals surface area (Å²) in [7, 11) is 0. The summed E-state index contributed by atoms with van der Waals surface area (Å²) >= 11 is 5.69. The van der Waals surface area contributed by atoms with Crippen LogP contribution in [0.3, 0.4) is 0 Å². The number of amides is 1. The van der Waals surface area contributed by atoms with Crippen molar-refractivity contribution in [2.45, 2.75) is 31.9 Å². The third kappa shape index (κ3) is 5.02. The monoisotopic (exact) mass is 399 g/mol. The molecule has 27 heavy (non-hydrogen) atoms. The summed E-state index contributed by atoms with van der Waals surface area (Å²) in [5.41, 5.74) is -2.59. The SMILES string of the molecule is [2H]C1([2H])CN(C(=O)c2ccc(F)c(Cl)c2)CC([2H])([2H])C1(F)C([2H])([2H])NCc1ccc(C)cn1. The van der Waals surface area contributed by atoms with Crippen LogP contribution in [0.15, 0.2) is 36.5 Å². The van der Waals surface area contributed by atoms with Crippen molar-refractivity contribution in [1.82, 2.24) is 15.2 Å². The standard InChI is InChI=1S/C20H22ClF2N3O/c1-14-2-4-16(25-11-14)12-24-13-20(23)6-8-26(9-7-20)19(27)15-3-5-18(22)17(21)10-15/h2-5,10-11,24H,6-9,12-13H2,1H3/i6D2,7D2,13D2. The second kappa shape index (κ2) is 8.31. The molecule has 1 amide bonds. The first kappa shape index (κ1) is 13.2. The zero-order valence-electron chi connectivity index (χ0n) is 20.5. The van der Waals surface area contributed by atoms with E-state index in [1.54, 1.807) is 19.1 Å². The summed E-state index contributed by atoms with van der Waals surface area (Å²) < 4.78 is 79.0. The molecule has 2 aromatic rings. The van der Waals surface area contributed by atoms with Crippen molar-refractivity contribution in [2.24, 2.45) is 0 Å². The van der Waals surface area contributed by atoms with E-state index in [0.29, 0.717) is 5.69 Å². The van der Waals surface area contributed by atoms with Gasteiger partial charge in [0, 0.05) is 58.9 Å². The predicted octanol–water partition coefficient (Wildman–Crippen LogP) is 3.92. The summed E-state index contributed by atoms with van der Waals surface area (Å²) in [6.07, 6.45) is -4.74. The second-order valence-electron chi connectivity index (χ2n) is 6.11. The lowest BCUT2D eigenvalue weighted by molar-refractivity contribution is 0.0434. The Hall–Kier alpha value is -2.05. The highest BCUT2D eigenvalue weighted by Gasteiger charge is 2.35. The number of halogens is 3. The van der Waals surface area contributed by atoms with E-state index in [1.807, 2.05) is 0 Å². The molecule has 0 radical (unpaired) electrons. The molecule has 0 atom stereocenters. The van der Waals surface area contributed by atoms with E-state index in [0.717, 1.165) is 28.7 Å². The molecule has 1 aliphatic heterocycles. The van der Waals surface area contributed by atoms with Crippen molar-refractivity contribution in [2.75, 3.05) is 19.6 Å². The number of carbonyl (C=O) groups is 1.